The molecule has 0 bridgehead atoms. The Morgan fingerprint density at radius 3 is 2.69 bits per heavy atom. The van der Waals surface area contributed by atoms with Crippen molar-refractivity contribution in [3.05, 3.63) is 35.4 Å². The molecule has 0 fully saturated rings. The van der Waals surface area contributed by atoms with Crippen molar-refractivity contribution in [3.8, 4) is 0 Å². The molecule has 1 aromatic rings. The molecule has 0 unspecified atom stereocenters. The number of fused-ring (bicyclic) bond motifs is 1. The molecule has 1 aliphatic heterocycles. The molecule has 0 atom stereocenters. The Morgan fingerprint density at radius 1 is 1.38 bits per heavy atom. The predicted octanol–water partition coefficient (Wildman–Crippen LogP) is 4.10. The predicted molar refractivity (Wildman–Crippen MR) is 76.2 cm³/mol. The number of hydrogen-bond donors (Lipinski definition) is 0. The highest BCUT2D eigenvalue weighted by atomic mass is 32.2. The minimum absolute atomic E-state index is 0.431. The Balaban J connectivity index is 2.28. The van der Waals surface area contributed by atoms with Gasteiger partial charge in [-0.25, -0.2) is 0 Å². The highest BCUT2D eigenvalue weighted by Crippen LogP contribution is 2.44. The summed E-state index contributed by atoms with van der Waals surface area (Å²) in [6.45, 7) is 4.26. The number of thiocarbonyl (C=S) groups is 1. The van der Waals surface area contributed by atoms with Gasteiger partial charge in [0.1, 0.15) is 0 Å². The lowest BCUT2D eigenvalue weighted by Crippen LogP contribution is -2.12. The van der Waals surface area contributed by atoms with Gasteiger partial charge in [-0.1, -0.05) is 50.0 Å². The second kappa shape index (κ2) is 4.60. The van der Waals surface area contributed by atoms with E-state index in [1.165, 1.54) is 15.6 Å². The van der Waals surface area contributed by atoms with Gasteiger partial charge >= 0.3 is 0 Å². The van der Waals surface area contributed by atoms with Gasteiger partial charge in [0.2, 0.25) is 0 Å². The molecule has 84 valence electrons. The van der Waals surface area contributed by atoms with E-state index in [-0.39, 0.29) is 0 Å². The Hall–Kier alpha value is -0.800. The Morgan fingerprint density at radius 2 is 2.06 bits per heavy atom. The lowest BCUT2D eigenvalue weighted by Gasteiger charge is -2.14. The van der Waals surface area contributed by atoms with Crippen molar-refractivity contribution in [1.29, 1.82) is 0 Å². The third kappa shape index (κ3) is 2.15. The third-order valence-electron chi connectivity index (χ3n) is 2.61. The first-order valence-electron chi connectivity index (χ1n) is 5.35. The molecular formula is C13H15NS2. The van der Waals surface area contributed by atoms with Gasteiger partial charge in [0, 0.05) is 16.8 Å². The number of benzene rings is 1. The Bertz CT molecular complexity index is 449. The van der Waals surface area contributed by atoms with E-state index in [2.05, 4.69) is 56.1 Å². The zero-order chi connectivity index (χ0) is 11.7. The minimum Gasteiger partial charge on any atom is -0.338 e. The molecule has 0 radical (unpaired) electrons. The maximum atomic E-state index is 5.36. The molecule has 0 saturated carbocycles. The summed E-state index contributed by atoms with van der Waals surface area (Å²) in [6, 6.07) is 8.43. The van der Waals surface area contributed by atoms with Gasteiger partial charge in [0.15, 0.2) is 0 Å². The molecule has 0 aliphatic carbocycles. The minimum atomic E-state index is 0.431. The third-order valence-corrected chi connectivity index (χ3v) is 4.36. The van der Waals surface area contributed by atoms with Crippen LogP contribution in [0.2, 0.25) is 0 Å². The van der Waals surface area contributed by atoms with Crippen molar-refractivity contribution < 1.29 is 0 Å². The van der Waals surface area contributed by atoms with Crippen LogP contribution in [0.25, 0.3) is 0 Å². The SMILES string of the molecule is CC(C)C(=S)/C=C1\Sc2ccccc2N1C. The highest BCUT2D eigenvalue weighted by molar-refractivity contribution is 8.03. The van der Waals surface area contributed by atoms with Crippen LogP contribution in [0.4, 0.5) is 5.69 Å². The van der Waals surface area contributed by atoms with Gasteiger partial charge in [-0.15, -0.1) is 0 Å². The number of anilines is 1. The largest absolute Gasteiger partial charge is 0.338 e. The summed E-state index contributed by atoms with van der Waals surface area (Å²) in [7, 11) is 2.09. The van der Waals surface area contributed by atoms with Crippen molar-refractivity contribution in [2.75, 3.05) is 11.9 Å². The molecule has 3 heteroatoms. The van der Waals surface area contributed by atoms with Crippen LogP contribution in [0.1, 0.15) is 13.8 Å². The molecule has 0 aromatic heterocycles. The van der Waals surface area contributed by atoms with Crippen LogP contribution in [-0.4, -0.2) is 11.9 Å². The fourth-order valence-corrected chi connectivity index (χ4v) is 2.82. The van der Waals surface area contributed by atoms with Crippen LogP contribution >= 0.6 is 24.0 Å². The van der Waals surface area contributed by atoms with Crippen molar-refractivity contribution in [2.45, 2.75) is 18.7 Å². The molecular weight excluding hydrogens is 234 g/mol. The maximum absolute atomic E-state index is 5.36. The fraction of sp³-hybridized carbons (Fsp3) is 0.308. The first kappa shape index (κ1) is 11.7. The Kier molecular flexibility index (Phi) is 3.36. The number of rotatable bonds is 2. The number of thioether (sulfide) groups is 1. The standard InChI is InChI=1S/C13H15NS2/c1-9(2)11(15)8-13-14(3)10-6-4-5-7-12(10)16-13/h4-9H,1-3H3/b13-8-. The first-order valence-corrected chi connectivity index (χ1v) is 6.58. The Labute approximate surface area is 107 Å². The molecule has 16 heavy (non-hydrogen) atoms. The zero-order valence-corrected chi connectivity index (χ0v) is 11.4. The summed E-state index contributed by atoms with van der Waals surface area (Å²) >= 11 is 7.15. The molecule has 1 aliphatic rings. The zero-order valence-electron chi connectivity index (χ0n) is 9.73. The van der Waals surface area contributed by atoms with Gasteiger partial charge in [-0.3, -0.25) is 0 Å². The smallest absolute Gasteiger partial charge is 0.0810 e. The van der Waals surface area contributed by atoms with Gasteiger partial charge in [-0.05, 0) is 24.1 Å². The van der Waals surface area contributed by atoms with Crippen LogP contribution < -0.4 is 4.90 Å². The second-order valence-corrected chi connectivity index (χ2v) is 5.70. The van der Waals surface area contributed by atoms with Crippen LogP contribution in [0, 0.1) is 5.92 Å². The molecule has 1 aromatic carbocycles. The average molecular weight is 249 g/mol. The molecule has 0 spiro atoms. The maximum Gasteiger partial charge on any atom is 0.0810 e. The summed E-state index contributed by atoms with van der Waals surface area (Å²) in [6.07, 6.45) is 2.12. The van der Waals surface area contributed by atoms with E-state index in [0.29, 0.717) is 5.92 Å². The van der Waals surface area contributed by atoms with Gasteiger partial charge < -0.3 is 4.90 Å². The van der Waals surface area contributed by atoms with E-state index in [0.717, 1.165) is 4.86 Å². The molecule has 0 saturated heterocycles. The van der Waals surface area contributed by atoms with Crippen molar-refractivity contribution >= 4 is 34.5 Å². The number of allylic oxidation sites excluding steroid dienone is 1. The quantitative estimate of drug-likeness (QED) is 0.574. The van der Waals surface area contributed by atoms with Crippen LogP contribution in [-0.2, 0) is 0 Å². The summed E-state index contributed by atoms with van der Waals surface area (Å²) in [5, 5.41) is 1.22. The van der Waals surface area contributed by atoms with E-state index in [1.807, 2.05) is 0 Å². The molecule has 1 nitrogen and oxygen atoms in total. The molecule has 2 rings (SSSR count). The molecule has 0 N–H and O–H groups in total. The molecule has 1 heterocycles. The lowest BCUT2D eigenvalue weighted by molar-refractivity contribution is 0.904. The van der Waals surface area contributed by atoms with Crippen molar-refractivity contribution in [3.63, 3.8) is 0 Å². The first-order chi connectivity index (χ1) is 7.59. The second-order valence-electron chi connectivity index (χ2n) is 4.17. The average Bonchev–Trinajstić information content (AvgIpc) is 2.56. The molecule has 0 amide bonds. The van der Waals surface area contributed by atoms with E-state index in [9.17, 15) is 0 Å². The summed E-state index contributed by atoms with van der Waals surface area (Å²) < 4.78 is 0. The van der Waals surface area contributed by atoms with Gasteiger partial charge in [-0.2, -0.15) is 0 Å². The van der Waals surface area contributed by atoms with E-state index in [1.54, 1.807) is 11.8 Å². The number of hydrogen-bond acceptors (Lipinski definition) is 3. The van der Waals surface area contributed by atoms with E-state index >= 15 is 0 Å². The number of nitrogens with zero attached hydrogens (tertiary/aromatic N) is 1. The monoisotopic (exact) mass is 249 g/mol. The van der Waals surface area contributed by atoms with Gasteiger partial charge in [0.05, 0.1) is 10.7 Å². The van der Waals surface area contributed by atoms with Crippen LogP contribution in [0.3, 0.4) is 0 Å². The van der Waals surface area contributed by atoms with Crippen molar-refractivity contribution in [1.82, 2.24) is 0 Å². The normalized spacial score (nSPS) is 17.0. The fourth-order valence-electron chi connectivity index (χ4n) is 1.54. The summed E-state index contributed by atoms with van der Waals surface area (Å²) in [5.74, 6) is 0.431. The number of para-hydroxylation sites is 1. The van der Waals surface area contributed by atoms with Gasteiger partial charge in [0.25, 0.3) is 0 Å². The lowest BCUT2D eigenvalue weighted by atomic mass is 10.1. The van der Waals surface area contributed by atoms with E-state index < -0.39 is 0 Å². The summed E-state index contributed by atoms with van der Waals surface area (Å²) in [4.78, 5) is 4.53. The summed E-state index contributed by atoms with van der Waals surface area (Å²) in [5.41, 5.74) is 1.27. The topological polar surface area (TPSA) is 3.24 Å². The van der Waals surface area contributed by atoms with Crippen LogP contribution in [0.15, 0.2) is 40.3 Å². The van der Waals surface area contributed by atoms with Crippen LogP contribution in [0.5, 0.6) is 0 Å². The van der Waals surface area contributed by atoms with E-state index in [4.69, 9.17) is 12.2 Å². The highest BCUT2D eigenvalue weighted by Gasteiger charge is 2.21. The van der Waals surface area contributed by atoms with Crippen molar-refractivity contribution in [2.24, 2.45) is 5.92 Å².